The van der Waals surface area contributed by atoms with E-state index in [1.807, 2.05) is 13.2 Å². The van der Waals surface area contributed by atoms with Crippen LogP contribution in [-0.4, -0.2) is 47.9 Å². The molecule has 1 heterocycles. The Morgan fingerprint density at radius 2 is 2.47 bits per heavy atom. The van der Waals surface area contributed by atoms with Gasteiger partial charge in [0.15, 0.2) is 0 Å². The molecule has 0 aromatic carbocycles. The highest BCUT2D eigenvalue weighted by atomic mass is 32.2. The third-order valence-corrected chi connectivity index (χ3v) is 3.80. The molecule has 4 nitrogen and oxygen atoms in total. The molecular formula is C10H19NO3S. The quantitative estimate of drug-likeness (QED) is 0.721. The van der Waals surface area contributed by atoms with E-state index in [1.165, 1.54) is 0 Å². The van der Waals surface area contributed by atoms with Gasteiger partial charge in [0.1, 0.15) is 6.10 Å². The number of hydrogen-bond acceptors (Lipinski definition) is 4. The first-order valence-electron chi connectivity index (χ1n) is 5.24. The highest BCUT2D eigenvalue weighted by molar-refractivity contribution is 7.99. The Hall–Kier alpha value is -0.260. The van der Waals surface area contributed by atoms with Crippen LogP contribution in [0, 0.1) is 0 Å². The lowest BCUT2D eigenvalue weighted by Crippen LogP contribution is -2.45. The summed E-state index contributed by atoms with van der Waals surface area (Å²) in [5, 5.41) is 12.0. The molecule has 0 saturated carbocycles. The Labute approximate surface area is 94.8 Å². The predicted molar refractivity (Wildman–Crippen MR) is 61.0 cm³/mol. The van der Waals surface area contributed by atoms with Crippen molar-refractivity contribution in [3.8, 4) is 0 Å². The van der Waals surface area contributed by atoms with Gasteiger partial charge in [-0.1, -0.05) is 0 Å². The highest BCUT2D eigenvalue weighted by Crippen LogP contribution is 2.14. The molecule has 5 heteroatoms. The first-order chi connectivity index (χ1) is 7.19. The number of nitrogens with one attached hydrogen (secondary N) is 1. The van der Waals surface area contributed by atoms with Crippen molar-refractivity contribution in [3.63, 3.8) is 0 Å². The molecule has 1 fully saturated rings. The second-order valence-electron chi connectivity index (χ2n) is 3.76. The molecule has 0 spiro atoms. The van der Waals surface area contributed by atoms with Crippen molar-refractivity contribution in [2.24, 2.45) is 0 Å². The van der Waals surface area contributed by atoms with Crippen LogP contribution in [0.15, 0.2) is 0 Å². The third-order valence-electron chi connectivity index (χ3n) is 2.63. The van der Waals surface area contributed by atoms with Crippen molar-refractivity contribution < 1.29 is 14.6 Å². The molecule has 1 rings (SSSR count). The van der Waals surface area contributed by atoms with Crippen LogP contribution in [0.3, 0.4) is 0 Å². The molecule has 1 saturated heterocycles. The van der Waals surface area contributed by atoms with Gasteiger partial charge in [0.05, 0.1) is 6.61 Å². The highest BCUT2D eigenvalue weighted by Gasteiger charge is 2.26. The van der Waals surface area contributed by atoms with Gasteiger partial charge in [-0.2, -0.15) is 11.8 Å². The monoisotopic (exact) mass is 233 g/mol. The van der Waals surface area contributed by atoms with Crippen molar-refractivity contribution in [2.45, 2.75) is 37.2 Å². The number of rotatable bonds is 5. The van der Waals surface area contributed by atoms with Crippen LogP contribution in [0.25, 0.3) is 0 Å². The summed E-state index contributed by atoms with van der Waals surface area (Å²) in [4.78, 5) is 11.7. The van der Waals surface area contributed by atoms with E-state index in [4.69, 9.17) is 9.84 Å². The van der Waals surface area contributed by atoms with Gasteiger partial charge in [0.2, 0.25) is 5.91 Å². The van der Waals surface area contributed by atoms with E-state index < -0.39 is 0 Å². The van der Waals surface area contributed by atoms with Crippen LogP contribution in [0.1, 0.15) is 19.8 Å². The van der Waals surface area contributed by atoms with Gasteiger partial charge in [-0.25, -0.2) is 0 Å². The minimum atomic E-state index is -0.284. The van der Waals surface area contributed by atoms with E-state index in [0.29, 0.717) is 6.61 Å². The molecular weight excluding hydrogens is 214 g/mol. The van der Waals surface area contributed by atoms with E-state index in [2.05, 4.69) is 5.32 Å². The summed E-state index contributed by atoms with van der Waals surface area (Å²) < 4.78 is 5.28. The third kappa shape index (κ3) is 3.66. The lowest BCUT2D eigenvalue weighted by atomic mass is 10.2. The number of carbonyl (C=O) groups is 1. The topological polar surface area (TPSA) is 58.6 Å². The van der Waals surface area contributed by atoms with E-state index in [-0.39, 0.29) is 29.9 Å². The molecule has 3 atom stereocenters. The number of carbonyl (C=O) groups excluding carboxylic acids is 1. The normalized spacial score (nSPS) is 24.9. The zero-order chi connectivity index (χ0) is 11.3. The van der Waals surface area contributed by atoms with E-state index in [9.17, 15) is 4.79 Å². The summed E-state index contributed by atoms with van der Waals surface area (Å²) in [5.41, 5.74) is 0. The molecule has 0 radical (unpaired) electrons. The van der Waals surface area contributed by atoms with Gasteiger partial charge in [-0.15, -0.1) is 0 Å². The maximum Gasteiger partial charge on any atom is 0.249 e. The summed E-state index contributed by atoms with van der Waals surface area (Å²) in [6.45, 7) is 2.66. The Morgan fingerprint density at radius 1 is 1.73 bits per heavy atom. The first-order valence-corrected chi connectivity index (χ1v) is 6.53. The van der Waals surface area contributed by atoms with E-state index >= 15 is 0 Å². The Morgan fingerprint density at radius 3 is 2.93 bits per heavy atom. The van der Waals surface area contributed by atoms with Gasteiger partial charge in [-0.3, -0.25) is 4.79 Å². The smallest absolute Gasteiger partial charge is 0.249 e. The maximum absolute atomic E-state index is 11.7. The average Bonchev–Trinajstić information content (AvgIpc) is 2.72. The number of aliphatic hydroxyl groups is 1. The summed E-state index contributed by atoms with van der Waals surface area (Å²) in [6.07, 6.45) is 3.41. The molecule has 88 valence electrons. The van der Waals surface area contributed by atoms with Crippen molar-refractivity contribution in [2.75, 3.05) is 19.5 Å². The summed E-state index contributed by atoms with van der Waals surface area (Å²) in [6, 6.07) is -0.0262. The van der Waals surface area contributed by atoms with Crippen LogP contribution >= 0.6 is 11.8 Å². The molecule has 0 aromatic heterocycles. The molecule has 15 heavy (non-hydrogen) atoms. The van der Waals surface area contributed by atoms with Crippen LogP contribution in [0.5, 0.6) is 0 Å². The number of hydrogen-bond donors (Lipinski definition) is 2. The maximum atomic E-state index is 11.7. The molecule has 1 aliphatic rings. The van der Waals surface area contributed by atoms with Crippen molar-refractivity contribution >= 4 is 17.7 Å². The van der Waals surface area contributed by atoms with E-state index in [0.717, 1.165) is 12.8 Å². The minimum Gasteiger partial charge on any atom is -0.395 e. The SMILES string of the molecule is CSC(CO)C(C)NC(=O)C1CCCO1. The molecule has 2 N–H and O–H groups in total. The Bertz CT molecular complexity index is 203. The lowest BCUT2D eigenvalue weighted by Gasteiger charge is -2.22. The summed E-state index contributed by atoms with van der Waals surface area (Å²) >= 11 is 1.56. The van der Waals surface area contributed by atoms with Gasteiger partial charge >= 0.3 is 0 Å². The summed E-state index contributed by atoms with van der Waals surface area (Å²) in [7, 11) is 0. The predicted octanol–water partition coefficient (Wildman–Crippen LogP) is 0.394. The van der Waals surface area contributed by atoms with Gasteiger partial charge in [0, 0.05) is 17.9 Å². The molecule has 0 aromatic rings. The molecule has 3 unspecified atom stereocenters. The Balaban J connectivity index is 2.35. The molecule has 1 amide bonds. The molecule has 1 aliphatic heterocycles. The first kappa shape index (κ1) is 12.8. The van der Waals surface area contributed by atoms with Gasteiger partial charge in [-0.05, 0) is 26.0 Å². The van der Waals surface area contributed by atoms with Crippen LogP contribution in [-0.2, 0) is 9.53 Å². The summed E-state index contributed by atoms with van der Waals surface area (Å²) in [5.74, 6) is -0.0486. The zero-order valence-corrected chi connectivity index (χ0v) is 10.0. The van der Waals surface area contributed by atoms with Crippen molar-refractivity contribution in [3.05, 3.63) is 0 Å². The molecule has 0 aliphatic carbocycles. The fourth-order valence-corrected chi connectivity index (χ4v) is 2.26. The van der Waals surface area contributed by atoms with Crippen molar-refractivity contribution in [1.82, 2.24) is 5.32 Å². The lowest BCUT2D eigenvalue weighted by molar-refractivity contribution is -0.130. The second kappa shape index (κ2) is 6.35. The minimum absolute atomic E-state index is 0.0262. The van der Waals surface area contributed by atoms with Crippen LogP contribution < -0.4 is 5.32 Å². The standard InChI is InChI=1S/C10H19NO3S/c1-7(9(6-12)15-2)11-10(13)8-4-3-5-14-8/h7-9,12H,3-6H2,1-2H3,(H,11,13). The zero-order valence-electron chi connectivity index (χ0n) is 9.23. The van der Waals surface area contributed by atoms with Gasteiger partial charge in [0.25, 0.3) is 0 Å². The fourth-order valence-electron chi connectivity index (χ4n) is 1.63. The van der Waals surface area contributed by atoms with Gasteiger partial charge < -0.3 is 15.2 Å². The van der Waals surface area contributed by atoms with E-state index in [1.54, 1.807) is 11.8 Å². The molecule has 0 bridgehead atoms. The Kier molecular flexibility index (Phi) is 5.42. The number of aliphatic hydroxyl groups excluding tert-OH is 1. The second-order valence-corrected chi connectivity index (χ2v) is 4.83. The fraction of sp³-hybridized carbons (Fsp3) is 0.900. The average molecular weight is 233 g/mol. The number of thioether (sulfide) groups is 1. The van der Waals surface area contributed by atoms with Crippen LogP contribution in [0.2, 0.25) is 0 Å². The number of ether oxygens (including phenoxy) is 1. The van der Waals surface area contributed by atoms with Crippen molar-refractivity contribution in [1.29, 1.82) is 0 Å². The van der Waals surface area contributed by atoms with Crippen LogP contribution in [0.4, 0.5) is 0 Å². The number of amides is 1. The largest absolute Gasteiger partial charge is 0.395 e.